The molecule has 0 saturated carbocycles. The third-order valence-electron chi connectivity index (χ3n) is 4.87. The van der Waals surface area contributed by atoms with Crippen molar-refractivity contribution in [2.75, 3.05) is 38.1 Å². The zero-order valence-corrected chi connectivity index (χ0v) is 18.0. The highest BCUT2D eigenvalue weighted by Gasteiger charge is 2.16. The predicted molar refractivity (Wildman–Crippen MR) is 121 cm³/mol. The van der Waals surface area contributed by atoms with Crippen LogP contribution in [0.15, 0.2) is 59.1 Å². The third kappa shape index (κ3) is 4.45. The van der Waals surface area contributed by atoms with E-state index in [9.17, 15) is 0 Å². The van der Waals surface area contributed by atoms with Gasteiger partial charge in [-0.2, -0.15) is 0 Å². The van der Waals surface area contributed by atoms with Crippen LogP contribution in [-0.2, 0) is 0 Å². The van der Waals surface area contributed by atoms with Gasteiger partial charge in [-0.3, -0.25) is 0 Å². The summed E-state index contributed by atoms with van der Waals surface area (Å²) in [6, 6.07) is 14.8. The standard InChI is InChI=1S/C23H21N5O5/c1-29-16-10-15(11-17(13-16)30-2)25-21-18(4-3-7-24-21)22-27-28-23(33-22)26-14-5-6-19-20(12-14)32-9-8-31-19/h3-7,10-13H,8-9H2,1-2H3,(H,24,25)(H,26,28). The maximum absolute atomic E-state index is 5.85. The zero-order valence-electron chi connectivity index (χ0n) is 18.0. The molecule has 2 N–H and O–H groups in total. The van der Waals surface area contributed by atoms with Gasteiger partial charge in [0.05, 0.1) is 19.8 Å². The molecule has 0 unspecified atom stereocenters. The fraction of sp³-hybridized carbons (Fsp3) is 0.174. The highest BCUT2D eigenvalue weighted by Crippen LogP contribution is 2.35. The number of methoxy groups -OCH3 is 2. The van der Waals surface area contributed by atoms with Crippen molar-refractivity contribution in [1.82, 2.24) is 15.2 Å². The molecule has 2 aromatic heterocycles. The molecule has 0 spiro atoms. The number of benzene rings is 2. The minimum absolute atomic E-state index is 0.236. The molecule has 3 heterocycles. The van der Waals surface area contributed by atoms with Gasteiger partial charge in [-0.05, 0) is 24.3 Å². The van der Waals surface area contributed by atoms with Crippen LogP contribution in [0.5, 0.6) is 23.0 Å². The van der Waals surface area contributed by atoms with E-state index >= 15 is 0 Å². The summed E-state index contributed by atoms with van der Waals surface area (Å²) in [4.78, 5) is 4.43. The topological polar surface area (TPSA) is 113 Å². The van der Waals surface area contributed by atoms with Crippen LogP contribution in [0.1, 0.15) is 0 Å². The van der Waals surface area contributed by atoms with Crippen LogP contribution >= 0.6 is 0 Å². The van der Waals surface area contributed by atoms with Gasteiger partial charge >= 0.3 is 6.01 Å². The number of ether oxygens (including phenoxy) is 4. The average Bonchev–Trinajstić information content (AvgIpc) is 3.32. The van der Waals surface area contributed by atoms with Crippen LogP contribution in [0.3, 0.4) is 0 Å². The highest BCUT2D eigenvalue weighted by molar-refractivity contribution is 5.74. The first-order chi connectivity index (χ1) is 16.2. The lowest BCUT2D eigenvalue weighted by Crippen LogP contribution is -2.15. The summed E-state index contributed by atoms with van der Waals surface area (Å²) in [5, 5.41) is 14.6. The van der Waals surface area contributed by atoms with E-state index in [1.54, 1.807) is 32.5 Å². The molecular weight excluding hydrogens is 426 g/mol. The zero-order chi connectivity index (χ0) is 22.6. The van der Waals surface area contributed by atoms with Crippen LogP contribution in [0, 0.1) is 0 Å². The molecule has 10 heteroatoms. The Hall–Kier alpha value is -4.47. The van der Waals surface area contributed by atoms with Crippen LogP contribution < -0.4 is 29.6 Å². The van der Waals surface area contributed by atoms with Crippen molar-refractivity contribution in [3.63, 3.8) is 0 Å². The molecule has 0 fully saturated rings. The number of rotatable bonds is 7. The summed E-state index contributed by atoms with van der Waals surface area (Å²) in [5.74, 6) is 3.52. The second-order valence-corrected chi connectivity index (χ2v) is 7.02. The van der Waals surface area contributed by atoms with Gasteiger partial charge < -0.3 is 34.0 Å². The van der Waals surface area contributed by atoms with Crippen molar-refractivity contribution in [3.8, 4) is 34.5 Å². The van der Waals surface area contributed by atoms with Crippen molar-refractivity contribution in [1.29, 1.82) is 0 Å². The molecular formula is C23H21N5O5. The van der Waals surface area contributed by atoms with Crippen LogP contribution in [0.25, 0.3) is 11.5 Å². The van der Waals surface area contributed by atoms with E-state index in [0.29, 0.717) is 53.5 Å². The fourth-order valence-corrected chi connectivity index (χ4v) is 3.32. The molecule has 0 aliphatic carbocycles. The van der Waals surface area contributed by atoms with Gasteiger partial charge in [0.1, 0.15) is 30.5 Å². The first-order valence-electron chi connectivity index (χ1n) is 10.2. The van der Waals surface area contributed by atoms with Crippen LogP contribution in [0.4, 0.5) is 23.2 Å². The van der Waals surface area contributed by atoms with Crippen molar-refractivity contribution in [3.05, 3.63) is 54.7 Å². The maximum Gasteiger partial charge on any atom is 0.320 e. The van der Waals surface area contributed by atoms with Gasteiger partial charge in [-0.25, -0.2) is 4.98 Å². The molecule has 1 aliphatic heterocycles. The summed E-state index contributed by atoms with van der Waals surface area (Å²) in [5.41, 5.74) is 2.12. The number of nitrogens with one attached hydrogen (secondary N) is 2. The SMILES string of the molecule is COc1cc(Nc2ncccc2-c2nnc(Nc3ccc4c(c3)OCCO4)o2)cc(OC)c1. The van der Waals surface area contributed by atoms with E-state index in [4.69, 9.17) is 23.4 Å². The highest BCUT2D eigenvalue weighted by atomic mass is 16.6. The summed E-state index contributed by atoms with van der Waals surface area (Å²) in [7, 11) is 3.19. The predicted octanol–water partition coefficient (Wildman–Crippen LogP) is 4.41. The van der Waals surface area contributed by atoms with Crippen molar-refractivity contribution in [2.24, 2.45) is 0 Å². The van der Waals surface area contributed by atoms with Crippen molar-refractivity contribution < 1.29 is 23.4 Å². The maximum atomic E-state index is 5.85. The summed E-state index contributed by atoms with van der Waals surface area (Å²) in [6.07, 6.45) is 1.67. The monoisotopic (exact) mass is 447 g/mol. The molecule has 33 heavy (non-hydrogen) atoms. The first kappa shape index (κ1) is 20.4. The molecule has 0 saturated heterocycles. The average molecular weight is 447 g/mol. The molecule has 0 atom stereocenters. The molecule has 4 aromatic rings. The van der Waals surface area contributed by atoms with Gasteiger partial charge in [-0.1, -0.05) is 5.10 Å². The van der Waals surface area contributed by atoms with Crippen molar-refractivity contribution >= 4 is 23.2 Å². The Morgan fingerprint density at radius 2 is 1.61 bits per heavy atom. The van der Waals surface area contributed by atoms with E-state index in [-0.39, 0.29) is 6.01 Å². The number of fused-ring (bicyclic) bond motifs is 1. The second kappa shape index (κ2) is 8.95. The molecule has 5 rings (SSSR count). The van der Waals surface area contributed by atoms with Crippen LogP contribution in [0.2, 0.25) is 0 Å². The summed E-state index contributed by atoms with van der Waals surface area (Å²) in [6.45, 7) is 1.05. The first-order valence-corrected chi connectivity index (χ1v) is 10.2. The number of aromatic nitrogens is 3. The lowest BCUT2D eigenvalue weighted by molar-refractivity contribution is 0.171. The van der Waals surface area contributed by atoms with Gasteiger partial charge in [-0.15, -0.1) is 5.10 Å². The number of nitrogens with zero attached hydrogens (tertiary/aromatic N) is 3. The van der Waals surface area contributed by atoms with Gasteiger partial charge in [0.15, 0.2) is 11.5 Å². The molecule has 1 aliphatic rings. The third-order valence-corrected chi connectivity index (χ3v) is 4.87. The van der Waals surface area contributed by atoms with Crippen molar-refractivity contribution in [2.45, 2.75) is 0 Å². The molecule has 2 aromatic carbocycles. The Morgan fingerprint density at radius 3 is 2.39 bits per heavy atom. The van der Waals surface area contributed by atoms with Gasteiger partial charge in [0.25, 0.3) is 5.89 Å². The largest absolute Gasteiger partial charge is 0.497 e. The minimum atomic E-state index is 0.236. The lowest BCUT2D eigenvalue weighted by Gasteiger charge is -2.18. The number of hydrogen-bond donors (Lipinski definition) is 2. The lowest BCUT2D eigenvalue weighted by atomic mass is 10.2. The number of hydrogen-bond acceptors (Lipinski definition) is 10. The normalized spacial score (nSPS) is 12.2. The number of anilines is 4. The minimum Gasteiger partial charge on any atom is -0.497 e. The van der Waals surface area contributed by atoms with E-state index in [2.05, 4.69) is 25.8 Å². The Morgan fingerprint density at radius 1 is 0.818 bits per heavy atom. The second-order valence-electron chi connectivity index (χ2n) is 7.02. The quantitative estimate of drug-likeness (QED) is 0.422. The number of pyridine rings is 1. The Labute approximate surface area is 189 Å². The Bertz CT molecular complexity index is 1250. The summed E-state index contributed by atoms with van der Waals surface area (Å²) >= 11 is 0. The van der Waals surface area contributed by atoms with Crippen LogP contribution in [-0.4, -0.2) is 42.6 Å². The van der Waals surface area contributed by atoms with E-state index in [0.717, 1.165) is 11.4 Å². The summed E-state index contributed by atoms with van der Waals surface area (Å²) < 4.78 is 27.7. The molecule has 168 valence electrons. The molecule has 10 nitrogen and oxygen atoms in total. The van der Waals surface area contributed by atoms with Gasteiger partial charge in [0.2, 0.25) is 0 Å². The van der Waals surface area contributed by atoms with Gasteiger partial charge in [0, 0.05) is 41.8 Å². The Kier molecular flexibility index (Phi) is 5.54. The molecule has 0 radical (unpaired) electrons. The van der Waals surface area contributed by atoms with E-state index in [1.165, 1.54) is 0 Å². The van der Waals surface area contributed by atoms with E-state index in [1.807, 2.05) is 36.4 Å². The van der Waals surface area contributed by atoms with E-state index < -0.39 is 0 Å². The fourth-order valence-electron chi connectivity index (χ4n) is 3.32. The molecule has 0 amide bonds. The molecule has 0 bridgehead atoms. The smallest absolute Gasteiger partial charge is 0.320 e. The Balaban J connectivity index is 1.38.